The molecule has 0 aliphatic carbocycles. The van der Waals surface area contributed by atoms with E-state index in [1.54, 1.807) is 11.3 Å². The summed E-state index contributed by atoms with van der Waals surface area (Å²) in [6.45, 7) is 7.67. The zero-order valence-corrected chi connectivity index (χ0v) is 12.4. The van der Waals surface area contributed by atoms with Gasteiger partial charge in [-0.15, -0.1) is 11.3 Å². The highest BCUT2D eigenvalue weighted by Crippen LogP contribution is 2.27. The van der Waals surface area contributed by atoms with Crippen LogP contribution in [0.5, 0.6) is 0 Å². The zero-order chi connectivity index (χ0) is 13.1. The molecule has 2 unspecified atom stereocenters. The molecule has 1 fully saturated rings. The van der Waals surface area contributed by atoms with E-state index < -0.39 is 0 Å². The molecule has 0 aromatic carbocycles. The molecule has 2 atom stereocenters. The molecule has 2 rings (SSSR count). The molecule has 0 bridgehead atoms. The number of aromatic nitrogens is 1. The Balaban J connectivity index is 2.17. The van der Waals surface area contributed by atoms with Gasteiger partial charge in [0.1, 0.15) is 0 Å². The Bertz CT molecular complexity index is 377. The fourth-order valence-corrected chi connectivity index (χ4v) is 3.49. The Kier molecular flexibility index (Phi) is 4.59. The maximum absolute atomic E-state index is 5.89. The third kappa shape index (κ3) is 3.02. The SMILES string of the molecule is CCC1CN(C)CCCN1c1nc(C(C)N)cs1. The maximum Gasteiger partial charge on any atom is 0.185 e. The van der Waals surface area contributed by atoms with Gasteiger partial charge < -0.3 is 15.5 Å². The third-order valence-corrected chi connectivity index (χ3v) is 4.49. The molecule has 18 heavy (non-hydrogen) atoms. The molecule has 1 aliphatic rings. The first kappa shape index (κ1) is 13.8. The van der Waals surface area contributed by atoms with E-state index in [1.165, 1.54) is 13.0 Å². The van der Waals surface area contributed by atoms with Crippen LogP contribution in [0.25, 0.3) is 0 Å². The number of hydrogen-bond donors (Lipinski definition) is 1. The first-order valence-corrected chi connectivity index (χ1v) is 7.66. The molecule has 0 spiro atoms. The molecular weight excluding hydrogens is 244 g/mol. The van der Waals surface area contributed by atoms with Crippen LogP contribution in [0.15, 0.2) is 5.38 Å². The lowest BCUT2D eigenvalue weighted by Crippen LogP contribution is -2.39. The van der Waals surface area contributed by atoms with Gasteiger partial charge in [-0.1, -0.05) is 6.92 Å². The highest BCUT2D eigenvalue weighted by Gasteiger charge is 2.24. The van der Waals surface area contributed by atoms with E-state index >= 15 is 0 Å². The van der Waals surface area contributed by atoms with Gasteiger partial charge >= 0.3 is 0 Å². The topological polar surface area (TPSA) is 45.4 Å². The molecule has 2 heterocycles. The second-order valence-electron chi connectivity index (χ2n) is 5.21. The summed E-state index contributed by atoms with van der Waals surface area (Å²) in [5.74, 6) is 0. The van der Waals surface area contributed by atoms with Crippen LogP contribution in [0.2, 0.25) is 0 Å². The molecule has 1 aliphatic heterocycles. The Morgan fingerprint density at radius 1 is 1.56 bits per heavy atom. The van der Waals surface area contributed by atoms with Gasteiger partial charge in [-0.2, -0.15) is 0 Å². The van der Waals surface area contributed by atoms with Crippen molar-refractivity contribution in [2.75, 3.05) is 31.6 Å². The molecule has 1 aromatic heterocycles. The molecule has 1 aromatic rings. The fraction of sp³-hybridized carbons (Fsp3) is 0.769. The molecule has 1 saturated heterocycles. The van der Waals surface area contributed by atoms with Crippen molar-refractivity contribution >= 4 is 16.5 Å². The van der Waals surface area contributed by atoms with Gasteiger partial charge in [0.2, 0.25) is 0 Å². The van der Waals surface area contributed by atoms with E-state index in [0.717, 1.165) is 30.3 Å². The van der Waals surface area contributed by atoms with Gasteiger partial charge in [0.05, 0.1) is 5.69 Å². The minimum Gasteiger partial charge on any atom is -0.344 e. The van der Waals surface area contributed by atoms with Crippen LogP contribution >= 0.6 is 11.3 Å². The average Bonchev–Trinajstić information content (AvgIpc) is 2.74. The van der Waals surface area contributed by atoms with Crippen LogP contribution in [0.4, 0.5) is 5.13 Å². The van der Waals surface area contributed by atoms with E-state index in [-0.39, 0.29) is 6.04 Å². The highest BCUT2D eigenvalue weighted by atomic mass is 32.1. The number of likely N-dealkylation sites (N-methyl/N-ethyl adjacent to an activating group) is 1. The minimum atomic E-state index is 0.0322. The zero-order valence-electron chi connectivity index (χ0n) is 11.6. The van der Waals surface area contributed by atoms with E-state index in [9.17, 15) is 0 Å². The number of thiazole rings is 1. The van der Waals surface area contributed by atoms with Crippen LogP contribution in [-0.4, -0.2) is 42.6 Å². The van der Waals surface area contributed by atoms with Crippen molar-refractivity contribution in [1.29, 1.82) is 0 Å². The summed E-state index contributed by atoms with van der Waals surface area (Å²) >= 11 is 1.73. The van der Waals surface area contributed by atoms with Crippen molar-refractivity contribution in [3.05, 3.63) is 11.1 Å². The second kappa shape index (κ2) is 5.99. The predicted octanol–water partition coefficient (Wildman–Crippen LogP) is 2.08. The molecule has 102 valence electrons. The van der Waals surface area contributed by atoms with Crippen molar-refractivity contribution in [2.24, 2.45) is 5.73 Å². The molecule has 0 radical (unpaired) electrons. The van der Waals surface area contributed by atoms with E-state index in [4.69, 9.17) is 10.7 Å². The minimum absolute atomic E-state index is 0.0322. The second-order valence-corrected chi connectivity index (χ2v) is 6.05. The average molecular weight is 268 g/mol. The first-order chi connectivity index (χ1) is 8.61. The Morgan fingerprint density at radius 3 is 2.94 bits per heavy atom. The van der Waals surface area contributed by atoms with Crippen molar-refractivity contribution in [3.8, 4) is 0 Å². The van der Waals surface area contributed by atoms with Crippen molar-refractivity contribution in [3.63, 3.8) is 0 Å². The van der Waals surface area contributed by atoms with Crippen LogP contribution in [0, 0.1) is 0 Å². The smallest absolute Gasteiger partial charge is 0.185 e. The third-order valence-electron chi connectivity index (χ3n) is 3.60. The summed E-state index contributed by atoms with van der Waals surface area (Å²) in [6, 6.07) is 0.606. The largest absolute Gasteiger partial charge is 0.344 e. The number of nitrogens with zero attached hydrogens (tertiary/aromatic N) is 3. The maximum atomic E-state index is 5.89. The lowest BCUT2D eigenvalue weighted by molar-refractivity contribution is 0.328. The van der Waals surface area contributed by atoms with Gasteiger partial charge in [-0.25, -0.2) is 4.98 Å². The van der Waals surface area contributed by atoms with Gasteiger partial charge in [-0.3, -0.25) is 0 Å². The lowest BCUT2D eigenvalue weighted by atomic mass is 10.2. The van der Waals surface area contributed by atoms with Crippen LogP contribution < -0.4 is 10.6 Å². The van der Waals surface area contributed by atoms with Crippen molar-refractivity contribution in [2.45, 2.75) is 38.8 Å². The highest BCUT2D eigenvalue weighted by molar-refractivity contribution is 7.13. The van der Waals surface area contributed by atoms with Crippen LogP contribution in [0.3, 0.4) is 0 Å². The summed E-state index contributed by atoms with van der Waals surface area (Å²) in [4.78, 5) is 9.60. The lowest BCUT2D eigenvalue weighted by Gasteiger charge is -2.29. The summed E-state index contributed by atoms with van der Waals surface area (Å²) < 4.78 is 0. The number of nitrogens with two attached hydrogens (primary N) is 1. The summed E-state index contributed by atoms with van der Waals surface area (Å²) in [7, 11) is 2.21. The monoisotopic (exact) mass is 268 g/mol. The van der Waals surface area contributed by atoms with E-state index in [1.807, 2.05) is 6.92 Å². The Morgan fingerprint density at radius 2 is 2.33 bits per heavy atom. The van der Waals surface area contributed by atoms with E-state index in [0.29, 0.717) is 6.04 Å². The number of rotatable bonds is 3. The standard InChI is InChI=1S/C13H24N4S/c1-4-11-8-16(3)6-5-7-17(11)13-15-12(9-18-13)10(2)14/h9-11H,4-8,14H2,1-3H3. The molecular formula is C13H24N4S. The number of anilines is 1. The molecule has 2 N–H and O–H groups in total. The van der Waals surface area contributed by atoms with Gasteiger partial charge in [0, 0.05) is 30.6 Å². The van der Waals surface area contributed by atoms with Gasteiger partial charge in [-0.05, 0) is 33.4 Å². The van der Waals surface area contributed by atoms with Crippen molar-refractivity contribution in [1.82, 2.24) is 9.88 Å². The Labute approximate surface area is 114 Å². The summed E-state index contributed by atoms with van der Waals surface area (Å²) in [6.07, 6.45) is 2.37. The summed E-state index contributed by atoms with van der Waals surface area (Å²) in [5.41, 5.74) is 6.91. The van der Waals surface area contributed by atoms with Gasteiger partial charge in [0.25, 0.3) is 0 Å². The van der Waals surface area contributed by atoms with Crippen LogP contribution in [-0.2, 0) is 0 Å². The fourth-order valence-electron chi connectivity index (χ4n) is 2.46. The number of hydrogen-bond acceptors (Lipinski definition) is 5. The normalized spacial score (nSPS) is 24.0. The first-order valence-electron chi connectivity index (χ1n) is 6.78. The Hall–Kier alpha value is -0.650. The van der Waals surface area contributed by atoms with Gasteiger partial charge in [0.15, 0.2) is 5.13 Å². The predicted molar refractivity (Wildman–Crippen MR) is 78.3 cm³/mol. The molecule has 5 heteroatoms. The van der Waals surface area contributed by atoms with Crippen molar-refractivity contribution < 1.29 is 0 Å². The molecule has 4 nitrogen and oxygen atoms in total. The van der Waals surface area contributed by atoms with Crippen LogP contribution in [0.1, 0.15) is 38.4 Å². The van der Waals surface area contributed by atoms with E-state index in [2.05, 4.69) is 29.2 Å². The quantitative estimate of drug-likeness (QED) is 0.911. The summed E-state index contributed by atoms with van der Waals surface area (Å²) in [5, 5.41) is 3.24. The molecule has 0 amide bonds. The molecule has 0 saturated carbocycles.